The highest BCUT2D eigenvalue weighted by Gasteiger charge is 2.26. The zero-order chi connectivity index (χ0) is 21.9. The predicted molar refractivity (Wildman–Crippen MR) is 115 cm³/mol. The number of carbonyl (C=O) groups excluding carboxylic acids is 1. The third-order valence-corrected chi connectivity index (χ3v) is 5.00. The molecule has 2 aromatic carbocycles. The van der Waals surface area contributed by atoms with Gasteiger partial charge in [0, 0.05) is 25.0 Å². The van der Waals surface area contributed by atoms with E-state index in [1.54, 1.807) is 49.1 Å². The summed E-state index contributed by atoms with van der Waals surface area (Å²) in [5.74, 6) is 0.393. The molecular weight excluding hydrogens is 381 g/mol. The third-order valence-electron chi connectivity index (χ3n) is 5.00. The van der Waals surface area contributed by atoms with Crippen molar-refractivity contribution in [2.45, 2.75) is 45.3 Å². The zero-order valence-corrected chi connectivity index (χ0v) is 18.0. The maximum Gasteiger partial charge on any atom is 0.261 e. The van der Waals surface area contributed by atoms with Gasteiger partial charge in [-0.2, -0.15) is 0 Å². The second-order valence-corrected chi connectivity index (χ2v) is 8.40. The summed E-state index contributed by atoms with van der Waals surface area (Å²) in [7, 11) is 1.81. The quantitative estimate of drug-likeness (QED) is 0.651. The van der Waals surface area contributed by atoms with Crippen LogP contribution in [0.15, 0.2) is 60.9 Å². The van der Waals surface area contributed by atoms with Crippen LogP contribution in [0.3, 0.4) is 0 Å². The molecule has 1 amide bonds. The van der Waals surface area contributed by atoms with E-state index in [9.17, 15) is 9.18 Å². The second kappa shape index (κ2) is 8.69. The fraction of sp³-hybridized carbons (Fsp3) is 0.333. The maximum absolute atomic E-state index is 14.5. The first kappa shape index (κ1) is 21.6. The molecule has 0 aliphatic carbocycles. The number of amides is 1. The summed E-state index contributed by atoms with van der Waals surface area (Å²) in [4.78, 5) is 17.2. The molecule has 0 aliphatic heterocycles. The van der Waals surface area contributed by atoms with E-state index in [1.165, 1.54) is 6.07 Å². The van der Waals surface area contributed by atoms with Gasteiger partial charge in [-0.15, -0.1) is 0 Å². The summed E-state index contributed by atoms with van der Waals surface area (Å²) in [6.07, 6.45) is 2.61. The number of rotatable bonds is 6. The number of aromatic nitrogens is 2. The fourth-order valence-corrected chi connectivity index (χ4v) is 3.20. The summed E-state index contributed by atoms with van der Waals surface area (Å²) in [6, 6.07) is 13.4. The summed E-state index contributed by atoms with van der Waals surface area (Å²) in [5.41, 5.74) is 1.44. The molecule has 5 nitrogen and oxygen atoms in total. The van der Waals surface area contributed by atoms with Crippen molar-refractivity contribution in [3.05, 3.63) is 83.7 Å². The number of nitrogens with zero attached hydrogens (tertiary/aromatic N) is 2. The lowest BCUT2D eigenvalue weighted by Gasteiger charge is -2.23. The topological polar surface area (TPSA) is 56.1 Å². The van der Waals surface area contributed by atoms with Gasteiger partial charge in [0.25, 0.3) is 5.91 Å². The number of aryl methyl sites for hydroxylation is 1. The van der Waals surface area contributed by atoms with E-state index in [2.05, 4.69) is 31.1 Å². The molecular formula is C24H28FN3O2. The molecule has 3 rings (SSSR count). The first-order valence-electron chi connectivity index (χ1n) is 9.96. The SMILES string of the molecule is C[C@H](Oc1cccc(C(C)(C)C)c1)C(=O)N[C@@H](c1ccccc1F)c1nccn1C. The maximum atomic E-state index is 14.5. The molecule has 0 saturated heterocycles. The first-order valence-corrected chi connectivity index (χ1v) is 9.96. The molecule has 0 bridgehead atoms. The molecule has 0 radical (unpaired) electrons. The van der Waals surface area contributed by atoms with E-state index < -0.39 is 18.0 Å². The largest absolute Gasteiger partial charge is 0.481 e. The highest BCUT2D eigenvalue weighted by atomic mass is 19.1. The lowest BCUT2D eigenvalue weighted by molar-refractivity contribution is -0.127. The van der Waals surface area contributed by atoms with Crippen LogP contribution in [0.5, 0.6) is 5.75 Å². The van der Waals surface area contributed by atoms with Gasteiger partial charge in [-0.05, 0) is 36.1 Å². The van der Waals surface area contributed by atoms with Crippen molar-refractivity contribution in [3.63, 3.8) is 0 Å². The average molecular weight is 410 g/mol. The van der Waals surface area contributed by atoms with Crippen LogP contribution in [0.2, 0.25) is 0 Å². The Hall–Kier alpha value is -3.15. The number of hydrogen-bond donors (Lipinski definition) is 1. The van der Waals surface area contributed by atoms with E-state index in [4.69, 9.17) is 4.74 Å². The number of halogens is 1. The highest BCUT2D eigenvalue weighted by Crippen LogP contribution is 2.27. The predicted octanol–water partition coefficient (Wildman–Crippen LogP) is 4.53. The molecule has 1 heterocycles. The van der Waals surface area contributed by atoms with E-state index >= 15 is 0 Å². The van der Waals surface area contributed by atoms with Crippen LogP contribution in [0.4, 0.5) is 4.39 Å². The Morgan fingerprint density at radius 3 is 2.53 bits per heavy atom. The highest BCUT2D eigenvalue weighted by molar-refractivity contribution is 5.81. The molecule has 158 valence electrons. The monoisotopic (exact) mass is 409 g/mol. The standard InChI is InChI=1S/C24H28FN3O2/c1-16(30-18-10-8-9-17(15-18)24(2,3)4)23(29)27-21(22-26-13-14-28(22)5)19-11-6-7-12-20(19)25/h6-16,21H,1-5H3,(H,27,29)/t16-,21-/m0/s1. The normalized spacial score (nSPS) is 13.5. The van der Waals surface area contributed by atoms with Gasteiger partial charge in [-0.25, -0.2) is 9.37 Å². The summed E-state index contributed by atoms with van der Waals surface area (Å²) >= 11 is 0. The van der Waals surface area contributed by atoms with Crippen molar-refractivity contribution in [2.24, 2.45) is 7.05 Å². The van der Waals surface area contributed by atoms with E-state index in [1.807, 2.05) is 24.3 Å². The Morgan fingerprint density at radius 1 is 1.17 bits per heavy atom. The van der Waals surface area contributed by atoms with Crippen LogP contribution in [-0.2, 0) is 17.3 Å². The number of carbonyl (C=O) groups is 1. The molecule has 3 aromatic rings. The molecule has 0 spiro atoms. The number of hydrogen-bond acceptors (Lipinski definition) is 3. The van der Waals surface area contributed by atoms with Crippen LogP contribution in [0, 0.1) is 5.82 Å². The zero-order valence-electron chi connectivity index (χ0n) is 18.0. The van der Waals surface area contributed by atoms with E-state index in [0.717, 1.165) is 5.56 Å². The van der Waals surface area contributed by atoms with Crippen molar-refractivity contribution in [3.8, 4) is 5.75 Å². The lowest BCUT2D eigenvalue weighted by Crippen LogP contribution is -2.40. The molecule has 0 fully saturated rings. The van der Waals surface area contributed by atoms with Gasteiger partial charge < -0.3 is 14.6 Å². The van der Waals surface area contributed by atoms with Gasteiger partial charge >= 0.3 is 0 Å². The molecule has 0 saturated carbocycles. The van der Waals surface area contributed by atoms with Crippen LogP contribution >= 0.6 is 0 Å². The smallest absolute Gasteiger partial charge is 0.261 e. The second-order valence-electron chi connectivity index (χ2n) is 8.40. The summed E-state index contributed by atoms with van der Waals surface area (Å²) in [6.45, 7) is 8.03. The van der Waals surface area contributed by atoms with Crippen molar-refractivity contribution in [1.82, 2.24) is 14.9 Å². The van der Waals surface area contributed by atoms with Gasteiger partial charge in [-0.3, -0.25) is 4.79 Å². The number of nitrogens with one attached hydrogen (secondary N) is 1. The Bertz CT molecular complexity index is 1020. The molecule has 30 heavy (non-hydrogen) atoms. The number of benzene rings is 2. The van der Waals surface area contributed by atoms with E-state index in [-0.39, 0.29) is 11.3 Å². The van der Waals surface area contributed by atoms with Crippen molar-refractivity contribution in [2.75, 3.05) is 0 Å². The van der Waals surface area contributed by atoms with Crippen LogP contribution in [0.1, 0.15) is 50.7 Å². The Labute approximate surface area is 176 Å². The molecule has 6 heteroatoms. The minimum absolute atomic E-state index is 0.0288. The Morgan fingerprint density at radius 2 is 1.90 bits per heavy atom. The molecule has 1 N–H and O–H groups in total. The number of ether oxygens (including phenoxy) is 1. The molecule has 0 aliphatic rings. The summed E-state index contributed by atoms with van der Waals surface area (Å²) < 4.78 is 22.2. The van der Waals surface area contributed by atoms with Gasteiger partial charge in [-0.1, -0.05) is 51.1 Å². The molecule has 2 atom stereocenters. The summed E-state index contributed by atoms with van der Waals surface area (Å²) in [5, 5.41) is 2.89. The van der Waals surface area contributed by atoms with Crippen molar-refractivity contribution in [1.29, 1.82) is 0 Å². The van der Waals surface area contributed by atoms with Gasteiger partial charge in [0.05, 0.1) is 0 Å². The first-order chi connectivity index (χ1) is 14.2. The Kier molecular flexibility index (Phi) is 6.25. The van der Waals surface area contributed by atoms with Crippen molar-refractivity contribution < 1.29 is 13.9 Å². The van der Waals surface area contributed by atoms with Gasteiger partial charge in [0.2, 0.25) is 0 Å². The van der Waals surface area contributed by atoms with Crippen LogP contribution in [0.25, 0.3) is 0 Å². The van der Waals surface area contributed by atoms with Gasteiger partial charge in [0.15, 0.2) is 6.10 Å². The minimum Gasteiger partial charge on any atom is -0.481 e. The third kappa shape index (κ3) is 4.87. The fourth-order valence-electron chi connectivity index (χ4n) is 3.20. The minimum atomic E-state index is -0.769. The molecule has 0 unspecified atom stereocenters. The number of imidazole rings is 1. The van der Waals surface area contributed by atoms with Crippen LogP contribution in [-0.4, -0.2) is 21.6 Å². The Balaban J connectivity index is 1.81. The molecule has 1 aromatic heterocycles. The van der Waals surface area contributed by atoms with Gasteiger partial charge in [0.1, 0.15) is 23.4 Å². The lowest BCUT2D eigenvalue weighted by atomic mass is 9.87. The average Bonchev–Trinajstić information content (AvgIpc) is 3.12. The van der Waals surface area contributed by atoms with Crippen molar-refractivity contribution >= 4 is 5.91 Å². The van der Waals surface area contributed by atoms with E-state index in [0.29, 0.717) is 17.1 Å². The van der Waals surface area contributed by atoms with Crippen LogP contribution < -0.4 is 10.1 Å².